The van der Waals surface area contributed by atoms with Crippen molar-refractivity contribution in [1.82, 2.24) is 9.38 Å². The highest BCUT2D eigenvalue weighted by Crippen LogP contribution is 2.20. The number of aromatic nitrogens is 2. The molecule has 0 saturated carbocycles. The number of hydrogen-bond acceptors (Lipinski definition) is 3. The maximum atomic E-state index is 11.8. The van der Waals surface area contributed by atoms with Gasteiger partial charge in [0, 0.05) is 30.1 Å². The number of hydrogen-bond donors (Lipinski definition) is 1. The Labute approximate surface area is 107 Å². The number of nitrogens with one attached hydrogen (secondary N) is 1. The molecule has 2 aromatic heterocycles. The van der Waals surface area contributed by atoms with Gasteiger partial charge in [-0.15, -0.1) is 0 Å². The molecule has 0 fully saturated rings. The Morgan fingerprint density at radius 1 is 1.16 bits per heavy atom. The highest BCUT2D eigenvalue weighted by molar-refractivity contribution is 5.62. The van der Waals surface area contributed by atoms with Crippen molar-refractivity contribution < 1.29 is 4.92 Å². The number of nitro benzene ring substituents is 1. The van der Waals surface area contributed by atoms with Crippen LogP contribution in [-0.2, 0) is 0 Å². The molecule has 2 heterocycles. The molecule has 0 atom stereocenters. The zero-order valence-electron chi connectivity index (χ0n) is 9.74. The van der Waals surface area contributed by atoms with E-state index in [1.165, 1.54) is 12.1 Å². The van der Waals surface area contributed by atoms with Gasteiger partial charge >= 0.3 is 0 Å². The normalized spacial score (nSPS) is 10.7. The number of fused-ring (bicyclic) bond motifs is 1. The first-order chi connectivity index (χ1) is 9.15. The molecule has 1 N–H and O–H groups in total. The van der Waals surface area contributed by atoms with Crippen LogP contribution in [0.15, 0.2) is 53.6 Å². The Bertz CT molecular complexity index is 815. The van der Waals surface area contributed by atoms with Gasteiger partial charge in [-0.25, -0.2) is 0 Å². The summed E-state index contributed by atoms with van der Waals surface area (Å²) in [6.45, 7) is 0. The standard InChI is InChI=1S/C13H9N3O3/c17-13-12-2-1-7-15(12)8-11(14-13)9-3-5-10(6-4-9)16(18)19/h1-8H,(H,14,17). The zero-order chi connectivity index (χ0) is 13.4. The van der Waals surface area contributed by atoms with Crippen LogP contribution in [-0.4, -0.2) is 14.3 Å². The van der Waals surface area contributed by atoms with Gasteiger partial charge in [-0.2, -0.15) is 0 Å². The number of benzene rings is 1. The van der Waals surface area contributed by atoms with E-state index in [1.807, 2.05) is 0 Å². The van der Waals surface area contributed by atoms with Crippen molar-refractivity contribution in [1.29, 1.82) is 0 Å². The summed E-state index contributed by atoms with van der Waals surface area (Å²) in [5.41, 5.74) is 1.72. The van der Waals surface area contributed by atoms with Crippen LogP contribution in [0.1, 0.15) is 0 Å². The van der Waals surface area contributed by atoms with Crippen molar-refractivity contribution in [3.8, 4) is 11.3 Å². The lowest BCUT2D eigenvalue weighted by molar-refractivity contribution is -0.384. The summed E-state index contributed by atoms with van der Waals surface area (Å²) in [6, 6.07) is 9.54. The zero-order valence-corrected chi connectivity index (χ0v) is 9.74. The van der Waals surface area contributed by atoms with Gasteiger partial charge < -0.3 is 9.38 Å². The largest absolute Gasteiger partial charge is 0.319 e. The Morgan fingerprint density at radius 3 is 2.58 bits per heavy atom. The van der Waals surface area contributed by atoms with Gasteiger partial charge in [0.05, 0.1) is 10.6 Å². The monoisotopic (exact) mass is 255 g/mol. The molecule has 94 valence electrons. The highest BCUT2D eigenvalue weighted by Gasteiger charge is 2.07. The van der Waals surface area contributed by atoms with Crippen LogP contribution >= 0.6 is 0 Å². The topological polar surface area (TPSA) is 80.4 Å². The lowest BCUT2D eigenvalue weighted by Gasteiger charge is -2.03. The molecule has 0 saturated heterocycles. The molecule has 0 aliphatic rings. The summed E-state index contributed by atoms with van der Waals surface area (Å²) in [6.07, 6.45) is 3.55. The molecule has 6 nitrogen and oxygen atoms in total. The van der Waals surface area contributed by atoms with Crippen LogP contribution in [0.3, 0.4) is 0 Å². The van der Waals surface area contributed by atoms with E-state index in [0.29, 0.717) is 11.2 Å². The van der Waals surface area contributed by atoms with Crippen molar-refractivity contribution in [2.75, 3.05) is 0 Å². The molecule has 0 aliphatic heterocycles. The van der Waals surface area contributed by atoms with E-state index in [-0.39, 0.29) is 11.2 Å². The summed E-state index contributed by atoms with van der Waals surface area (Å²) in [5, 5.41) is 10.6. The van der Waals surface area contributed by atoms with Crippen LogP contribution < -0.4 is 5.56 Å². The molecule has 3 rings (SSSR count). The van der Waals surface area contributed by atoms with Gasteiger partial charge in [0.15, 0.2) is 0 Å². The Morgan fingerprint density at radius 2 is 1.89 bits per heavy atom. The van der Waals surface area contributed by atoms with E-state index >= 15 is 0 Å². The molecule has 19 heavy (non-hydrogen) atoms. The molecule has 3 aromatic rings. The number of nitro groups is 1. The highest BCUT2D eigenvalue weighted by atomic mass is 16.6. The number of rotatable bonds is 2. The minimum Gasteiger partial charge on any atom is -0.319 e. The molecule has 0 aliphatic carbocycles. The van der Waals surface area contributed by atoms with Gasteiger partial charge in [0.2, 0.25) is 0 Å². The fraction of sp³-hybridized carbons (Fsp3) is 0. The van der Waals surface area contributed by atoms with E-state index in [1.54, 1.807) is 41.1 Å². The number of nitrogens with zero attached hydrogens (tertiary/aromatic N) is 2. The third kappa shape index (κ3) is 1.89. The average molecular weight is 255 g/mol. The lowest BCUT2D eigenvalue weighted by Crippen LogP contribution is -2.09. The Hall–Kier alpha value is -2.89. The molecule has 0 spiro atoms. The van der Waals surface area contributed by atoms with Crippen LogP contribution in [0, 0.1) is 10.1 Å². The van der Waals surface area contributed by atoms with Crippen LogP contribution in [0.4, 0.5) is 5.69 Å². The summed E-state index contributed by atoms with van der Waals surface area (Å²) in [4.78, 5) is 24.7. The summed E-state index contributed by atoms with van der Waals surface area (Å²) < 4.78 is 1.72. The maximum Gasteiger partial charge on any atom is 0.272 e. The third-order valence-corrected chi connectivity index (χ3v) is 2.92. The second-order valence-electron chi connectivity index (χ2n) is 4.10. The molecule has 6 heteroatoms. The smallest absolute Gasteiger partial charge is 0.272 e. The predicted molar refractivity (Wildman–Crippen MR) is 70.1 cm³/mol. The molecule has 0 unspecified atom stereocenters. The van der Waals surface area contributed by atoms with Crippen molar-refractivity contribution in [2.24, 2.45) is 0 Å². The fourth-order valence-corrected chi connectivity index (χ4v) is 1.97. The predicted octanol–water partition coefficient (Wildman–Crippen LogP) is 2.20. The second-order valence-corrected chi connectivity index (χ2v) is 4.10. The first-order valence-corrected chi connectivity index (χ1v) is 5.60. The van der Waals surface area contributed by atoms with Crippen molar-refractivity contribution >= 4 is 11.2 Å². The van der Waals surface area contributed by atoms with Crippen molar-refractivity contribution in [3.05, 3.63) is 69.3 Å². The third-order valence-electron chi connectivity index (χ3n) is 2.92. The summed E-state index contributed by atoms with van der Waals surface area (Å²) in [7, 11) is 0. The Kier molecular flexibility index (Phi) is 2.42. The quantitative estimate of drug-likeness (QED) is 0.563. The van der Waals surface area contributed by atoms with E-state index in [2.05, 4.69) is 4.98 Å². The molecular weight excluding hydrogens is 246 g/mol. The number of aromatic amines is 1. The van der Waals surface area contributed by atoms with Gasteiger partial charge in [0.1, 0.15) is 5.52 Å². The number of H-pyrrole nitrogens is 1. The van der Waals surface area contributed by atoms with Crippen molar-refractivity contribution in [2.45, 2.75) is 0 Å². The summed E-state index contributed by atoms with van der Waals surface area (Å²) in [5.74, 6) is 0. The molecule has 0 radical (unpaired) electrons. The van der Waals surface area contributed by atoms with E-state index < -0.39 is 4.92 Å². The minimum atomic E-state index is -0.457. The SMILES string of the molecule is O=c1[nH]c(-c2ccc([N+](=O)[O-])cc2)cn2cccc12. The van der Waals surface area contributed by atoms with Crippen LogP contribution in [0.2, 0.25) is 0 Å². The Balaban J connectivity index is 2.13. The number of non-ortho nitro benzene ring substituents is 1. The van der Waals surface area contributed by atoms with E-state index in [4.69, 9.17) is 0 Å². The van der Waals surface area contributed by atoms with Gasteiger partial charge in [-0.3, -0.25) is 14.9 Å². The average Bonchev–Trinajstić information content (AvgIpc) is 2.87. The van der Waals surface area contributed by atoms with E-state index in [9.17, 15) is 14.9 Å². The maximum absolute atomic E-state index is 11.8. The van der Waals surface area contributed by atoms with Gasteiger partial charge in [-0.05, 0) is 24.3 Å². The minimum absolute atomic E-state index is 0.0214. The van der Waals surface area contributed by atoms with Gasteiger partial charge in [-0.1, -0.05) is 0 Å². The van der Waals surface area contributed by atoms with Crippen LogP contribution in [0.5, 0.6) is 0 Å². The lowest BCUT2D eigenvalue weighted by atomic mass is 10.1. The second kappa shape index (κ2) is 4.09. The fourth-order valence-electron chi connectivity index (χ4n) is 1.97. The van der Waals surface area contributed by atoms with E-state index in [0.717, 1.165) is 5.56 Å². The molecule has 1 aromatic carbocycles. The van der Waals surface area contributed by atoms with Crippen molar-refractivity contribution in [3.63, 3.8) is 0 Å². The van der Waals surface area contributed by atoms with Gasteiger partial charge in [0.25, 0.3) is 11.2 Å². The van der Waals surface area contributed by atoms with Crippen LogP contribution in [0.25, 0.3) is 16.8 Å². The first kappa shape index (κ1) is 11.2. The molecule has 0 bridgehead atoms. The molecule has 0 amide bonds. The molecular formula is C13H9N3O3. The summed E-state index contributed by atoms with van der Waals surface area (Å²) >= 11 is 0. The first-order valence-electron chi connectivity index (χ1n) is 5.60.